The van der Waals surface area contributed by atoms with Crippen LogP contribution in [0, 0.1) is 13.8 Å². The third kappa shape index (κ3) is 5.18. The van der Waals surface area contributed by atoms with Crippen LogP contribution in [0.4, 0.5) is 5.69 Å². The van der Waals surface area contributed by atoms with Gasteiger partial charge in [0.2, 0.25) is 11.1 Å². The van der Waals surface area contributed by atoms with Gasteiger partial charge in [0, 0.05) is 12.1 Å². The molecule has 0 spiro atoms. The lowest BCUT2D eigenvalue weighted by molar-refractivity contribution is -0.113. The predicted molar refractivity (Wildman–Crippen MR) is 118 cm³/mol. The highest BCUT2D eigenvalue weighted by molar-refractivity contribution is 7.99. The monoisotopic (exact) mass is 425 g/mol. The Kier molecular flexibility index (Phi) is 6.73. The second kappa shape index (κ2) is 9.45. The molecule has 8 nitrogen and oxygen atoms in total. The highest BCUT2D eigenvalue weighted by Crippen LogP contribution is 2.17. The summed E-state index contributed by atoms with van der Waals surface area (Å²) in [6.07, 6.45) is 0.297. The average Bonchev–Trinajstić information content (AvgIpc) is 2.74. The number of aromatic nitrogens is 3. The number of anilines is 1. The van der Waals surface area contributed by atoms with Crippen molar-refractivity contribution >= 4 is 23.4 Å². The van der Waals surface area contributed by atoms with Crippen LogP contribution in [0.1, 0.15) is 22.4 Å². The van der Waals surface area contributed by atoms with Gasteiger partial charge >= 0.3 is 0 Å². The van der Waals surface area contributed by atoms with E-state index in [9.17, 15) is 9.59 Å². The van der Waals surface area contributed by atoms with Crippen molar-refractivity contribution in [3.8, 4) is 5.75 Å². The van der Waals surface area contributed by atoms with E-state index in [-0.39, 0.29) is 22.5 Å². The number of methoxy groups -OCH3 is 1. The summed E-state index contributed by atoms with van der Waals surface area (Å²) in [4.78, 5) is 24.7. The van der Waals surface area contributed by atoms with Crippen LogP contribution in [0.5, 0.6) is 5.75 Å². The van der Waals surface area contributed by atoms with Crippen molar-refractivity contribution in [1.29, 1.82) is 0 Å². The summed E-state index contributed by atoms with van der Waals surface area (Å²) in [6.45, 7) is 3.99. The number of aryl methyl sites for hydroxylation is 2. The van der Waals surface area contributed by atoms with E-state index in [1.807, 2.05) is 56.3 Å². The van der Waals surface area contributed by atoms with Gasteiger partial charge < -0.3 is 15.9 Å². The molecular weight excluding hydrogens is 402 g/mol. The summed E-state index contributed by atoms with van der Waals surface area (Å²) in [5.74, 6) is 6.44. The third-order valence-electron chi connectivity index (χ3n) is 4.58. The Morgan fingerprint density at radius 2 is 1.87 bits per heavy atom. The number of hydrogen-bond donors (Lipinski definition) is 2. The van der Waals surface area contributed by atoms with Crippen LogP contribution in [0.25, 0.3) is 0 Å². The lowest BCUT2D eigenvalue weighted by Crippen LogP contribution is -2.34. The molecule has 156 valence electrons. The molecule has 0 saturated carbocycles. The van der Waals surface area contributed by atoms with Crippen LogP contribution < -0.4 is 21.5 Å². The first-order valence-corrected chi connectivity index (χ1v) is 10.2. The maximum Gasteiger partial charge on any atom is 0.294 e. The first kappa shape index (κ1) is 21.4. The average molecular weight is 426 g/mol. The highest BCUT2D eigenvalue weighted by Gasteiger charge is 2.13. The summed E-state index contributed by atoms with van der Waals surface area (Å²) in [5.41, 5.74) is 3.63. The molecule has 0 unspecified atom stereocenters. The van der Waals surface area contributed by atoms with Gasteiger partial charge in [0.25, 0.3) is 5.56 Å². The number of rotatable bonds is 7. The number of thioether (sulfide) groups is 1. The maximum atomic E-state index is 12.5. The number of ether oxygens (including phenoxy) is 1. The van der Waals surface area contributed by atoms with Crippen molar-refractivity contribution in [3.63, 3.8) is 0 Å². The molecule has 0 fully saturated rings. The number of nitrogens with zero attached hydrogens (tertiary/aromatic N) is 3. The van der Waals surface area contributed by atoms with Gasteiger partial charge in [-0.25, -0.2) is 0 Å². The smallest absolute Gasteiger partial charge is 0.294 e. The molecule has 0 atom stereocenters. The molecule has 3 rings (SSSR count). The number of nitrogen functional groups attached to an aromatic ring is 1. The van der Waals surface area contributed by atoms with Crippen LogP contribution in [0.15, 0.2) is 52.4 Å². The zero-order valence-corrected chi connectivity index (χ0v) is 17.8. The molecule has 0 radical (unpaired) electrons. The van der Waals surface area contributed by atoms with E-state index in [0.717, 1.165) is 44.6 Å². The molecule has 1 aromatic heterocycles. The van der Waals surface area contributed by atoms with Crippen LogP contribution in [-0.2, 0) is 11.2 Å². The van der Waals surface area contributed by atoms with Gasteiger partial charge in [-0.3, -0.25) is 9.59 Å². The molecule has 3 aromatic rings. The highest BCUT2D eigenvalue weighted by atomic mass is 32.2. The molecule has 0 saturated heterocycles. The van der Waals surface area contributed by atoms with Gasteiger partial charge in [-0.05, 0) is 54.8 Å². The van der Waals surface area contributed by atoms with E-state index in [1.54, 1.807) is 7.11 Å². The molecule has 2 aromatic carbocycles. The summed E-state index contributed by atoms with van der Waals surface area (Å²) >= 11 is 1.05. The van der Waals surface area contributed by atoms with E-state index in [0.29, 0.717) is 6.42 Å². The van der Waals surface area contributed by atoms with Crippen molar-refractivity contribution in [2.75, 3.05) is 24.0 Å². The normalized spacial score (nSPS) is 10.6. The first-order chi connectivity index (χ1) is 14.4. The Bertz CT molecular complexity index is 1110. The molecule has 0 aliphatic carbocycles. The SMILES string of the molecule is COc1ccc(Cc2nnc(SCC(=O)Nc3ccc(C)c(C)c3)n(N)c2=O)cc1. The number of carbonyl (C=O) groups excluding carboxylic acids is 1. The topological polar surface area (TPSA) is 112 Å². The minimum atomic E-state index is -0.446. The molecule has 30 heavy (non-hydrogen) atoms. The van der Waals surface area contributed by atoms with Crippen molar-refractivity contribution in [2.45, 2.75) is 25.4 Å². The molecule has 1 amide bonds. The lowest BCUT2D eigenvalue weighted by Gasteiger charge is -2.09. The lowest BCUT2D eigenvalue weighted by atomic mass is 10.1. The van der Waals surface area contributed by atoms with E-state index < -0.39 is 5.56 Å². The van der Waals surface area contributed by atoms with Gasteiger partial charge in [0.1, 0.15) is 11.4 Å². The van der Waals surface area contributed by atoms with Crippen LogP contribution in [0.3, 0.4) is 0 Å². The quantitative estimate of drug-likeness (QED) is 0.441. The molecule has 0 bridgehead atoms. The van der Waals surface area contributed by atoms with Crippen molar-refractivity contribution < 1.29 is 9.53 Å². The largest absolute Gasteiger partial charge is 0.497 e. The van der Waals surface area contributed by atoms with Gasteiger partial charge in [0.05, 0.1) is 12.9 Å². The number of hydrogen-bond acceptors (Lipinski definition) is 7. The molecule has 3 N–H and O–H groups in total. The zero-order chi connectivity index (χ0) is 21.7. The number of amides is 1. The molecular formula is C21H23N5O3S. The molecule has 1 heterocycles. The second-order valence-electron chi connectivity index (χ2n) is 6.77. The van der Waals surface area contributed by atoms with Crippen molar-refractivity contribution in [3.05, 3.63) is 75.2 Å². The van der Waals surface area contributed by atoms with E-state index in [4.69, 9.17) is 10.6 Å². The molecule has 0 aliphatic rings. The minimum absolute atomic E-state index is 0.0517. The molecule has 9 heteroatoms. The fourth-order valence-electron chi connectivity index (χ4n) is 2.71. The summed E-state index contributed by atoms with van der Waals surface area (Å²) in [6, 6.07) is 13.0. The van der Waals surface area contributed by atoms with Crippen molar-refractivity contribution in [1.82, 2.24) is 14.9 Å². The Labute approximate surface area is 178 Å². The Hall–Kier alpha value is -3.33. The second-order valence-corrected chi connectivity index (χ2v) is 7.71. The third-order valence-corrected chi connectivity index (χ3v) is 5.52. The standard InChI is InChI=1S/C21H23N5O3S/c1-13-4-7-16(10-14(13)2)23-19(27)12-30-21-25-24-18(20(28)26(21)22)11-15-5-8-17(29-3)9-6-15/h4-10H,11-12,22H2,1-3H3,(H,23,27). The van der Waals surface area contributed by atoms with Crippen LogP contribution in [-0.4, -0.2) is 33.6 Å². The summed E-state index contributed by atoms with van der Waals surface area (Å²) in [5, 5.41) is 11.0. The van der Waals surface area contributed by atoms with Gasteiger partial charge in [-0.2, -0.15) is 4.68 Å². The van der Waals surface area contributed by atoms with E-state index in [1.165, 1.54) is 0 Å². The minimum Gasteiger partial charge on any atom is -0.497 e. The Morgan fingerprint density at radius 1 is 1.13 bits per heavy atom. The Balaban J connectivity index is 1.63. The zero-order valence-electron chi connectivity index (χ0n) is 17.0. The Morgan fingerprint density at radius 3 is 2.53 bits per heavy atom. The number of carbonyl (C=O) groups is 1. The first-order valence-electron chi connectivity index (χ1n) is 9.24. The van der Waals surface area contributed by atoms with Gasteiger partial charge in [0.15, 0.2) is 0 Å². The fraction of sp³-hybridized carbons (Fsp3) is 0.238. The fourth-order valence-corrected chi connectivity index (χ4v) is 3.37. The van der Waals surface area contributed by atoms with Crippen molar-refractivity contribution in [2.24, 2.45) is 0 Å². The number of benzene rings is 2. The van der Waals surface area contributed by atoms with E-state index in [2.05, 4.69) is 15.5 Å². The van der Waals surface area contributed by atoms with Gasteiger partial charge in [-0.1, -0.05) is 30.0 Å². The van der Waals surface area contributed by atoms with Crippen LogP contribution >= 0.6 is 11.8 Å². The summed E-state index contributed by atoms with van der Waals surface area (Å²) in [7, 11) is 1.59. The molecule has 0 aliphatic heterocycles. The number of nitrogens with one attached hydrogen (secondary N) is 1. The van der Waals surface area contributed by atoms with Gasteiger partial charge in [-0.15, -0.1) is 10.2 Å². The maximum absolute atomic E-state index is 12.5. The predicted octanol–water partition coefficient (Wildman–Crippen LogP) is 2.30. The van der Waals surface area contributed by atoms with Crippen LogP contribution in [0.2, 0.25) is 0 Å². The van der Waals surface area contributed by atoms with E-state index >= 15 is 0 Å². The summed E-state index contributed by atoms with van der Waals surface area (Å²) < 4.78 is 6.05. The number of nitrogens with two attached hydrogens (primary N) is 1.